The van der Waals surface area contributed by atoms with Gasteiger partial charge < -0.3 is 10.2 Å². The molecule has 0 aliphatic heterocycles. The molecule has 0 fully saturated rings. The summed E-state index contributed by atoms with van der Waals surface area (Å²) in [6, 6.07) is 12.1. The summed E-state index contributed by atoms with van der Waals surface area (Å²) < 4.78 is 27.4. The highest BCUT2D eigenvalue weighted by atomic mass is 79.9. The largest absolute Gasteiger partial charge is 0.354 e. The average molecular weight is 567 g/mol. The molecule has 2 aromatic carbocycles. The number of carbonyl (C=O) groups is 2. The number of amides is 2. The molecule has 7 nitrogen and oxygen atoms in total. The third-order valence-corrected chi connectivity index (χ3v) is 7.81. The van der Waals surface area contributed by atoms with Crippen LogP contribution in [0, 0.1) is 19.8 Å². The molecule has 2 aromatic rings. The number of nitrogens with one attached hydrogen (secondary N) is 1. The number of sulfonamides is 1. The molecular weight excluding hydrogens is 530 g/mol. The minimum Gasteiger partial charge on any atom is -0.354 e. The first-order valence-corrected chi connectivity index (χ1v) is 14.3. The number of hydrogen-bond acceptors (Lipinski definition) is 4. The molecule has 35 heavy (non-hydrogen) atoms. The van der Waals surface area contributed by atoms with Gasteiger partial charge in [-0.15, -0.1) is 0 Å². The van der Waals surface area contributed by atoms with Gasteiger partial charge in [-0.3, -0.25) is 13.9 Å². The number of halogens is 1. The Balaban J connectivity index is 2.45. The van der Waals surface area contributed by atoms with Gasteiger partial charge in [-0.1, -0.05) is 61.0 Å². The molecule has 0 saturated carbocycles. The van der Waals surface area contributed by atoms with Crippen molar-refractivity contribution in [3.05, 3.63) is 63.6 Å². The molecule has 9 heteroatoms. The van der Waals surface area contributed by atoms with Crippen LogP contribution in [0.3, 0.4) is 0 Å². The van der Waals surface area contributed by atoms with Gasteiger partial charge in [0.15, 0.2) is 0 Å². The van der Waals surface area contributed by atoms with Crippen LogP contribution in [-0.4, -0.2) is 50.5 Å². The highest BCUT2D eigenvalue weighted by Crippen LogP contribution is 2.25. The van der Waals surface area contributed by atoms with E-state index < -0.39 is 28.5 Å². The van der Waals surface area contributed by atoms with Crippen molar-refractivity contribution in [2.24, 2.45) is 5.92 Å². The zero-order valence-electron chi connectivity index (χ0n) is 21.3. The molecule has 2 rings (SSSR count). The summed E-state index contributed by atoms with van der Waals surface area (Å²) in [6.07, 6.45) is 1.48. The molecule has 1 unspecified atom stereocenters. The van der Waals surface area contributed by atoms with E-state index in [0.29, 0.717) is 18.7 Å². The van der Waals surface area contributed by atoms with Crippen molar-refractivity contribution in [2.45, 2.75) is 53.6 Å². The lowest BCUT2D eigenvalue weighted by molar-refractivity contribution is -0.140. The minimum atomic E-state index is -3.76. The number of rotatable bonds is 11. The summed E-state index contributed by atoms with van der Waals surface area (Å²) in [5.74, 6) is -0.419. The Kier molecular flexibility index (Phi) is 10.3. The molecule has 1 atom stereocenters. The van der Waals surface area contributed by atoms with Gasteiger partial charge >= 0.3 is 0 Å². The van der Waals surface area contributed by atoms with Gasteiger partial charge in [-0.05, 0) is 61.1 Å². The second kappa shape index (κ2) is 12.5. The predicted octanol–water partition coefficient (Wildman–Crippen LogP) is 4.41. The topological polar surface area (TPSA) is 86.8 Å². The van der Waals surface area contributed by atoms with Crippen LogP contribution in [-0.2, 0) is 26.2 Å². The van der Waals surface area contributed by atoms with Gasteiger partial charge in [0.25, 0.3) is 0 Å². The van der Waals surface area contributed by atoms with Crippen LogP contribution in [0.4, 0.5) is 5.69 Å². The number of hydrogen-bond donors (Lipinski definition) is 1. The Morgan fingerprint density at radius 2 is 1.71 bits per heavy atom. The maximum atomic E-state index is 13.7. The quantitative estimate of drug-likeness (QED) is 0.437. The van der Waals surface area contributed by atoms with Crippen molar-refractivity contribution in [1.29, 1.82) is 0 Å². The summed E-state index contributed by atoms with van der Waals surface area (Å²) >= 11 is 3.43. The molecule has 0 aliphatic carbocycles. The van der Waals surface area contributed by atoms with Crippen molar-refractivity contribution < 1.29 is 18.0 Å². The highest BCUT2D eigenvalue weighted by Gasteiger charge is 2.32. The van der Waals surface area contributed by atoms with Gasteiger partial charge in [0.05, 0.1) is 11.9 Å². The number of benzene rings is 2. The van der Waals surface area contributed by atoms with Crippen molar-refractivity contribution in [3.63, 3.8) is 0 Å². The lowest BCUT2D eigenvalue weighted by atomic mass is 10.1. The first-order valence-electron chi connectivity index (χ1n) is 11.7. The number of anilines is 1. The van der Waals surface area contributed by atoms with Crippen LogP contribution in [0.15, 0.2) is 46.9 Å². The second-order valence-electron chi connectivity index (χ2n) is 9.21. The van der Waals surface area contributed by atoms with Crippen LogP contribution >= 0.6 is 15.9 Å². The predicted molar refractivity (Wildman–Crippen MR) is 145 cm³/mol. The van der Waals surface area contributed by atoms with E-state index in [0.717, 1.165) is 31.7 Å². The lowest BCUT2D eigenvalue weighted by Gasteiger charge is -2.33. The maximum absolute atomic E-state index is 13.7. The first kappa shape index (κ1) is 28.8. The Labute approximate surface area is 218 Å². The molecule has 0 spiro atoms. The zero-order chi connectivity index (χ0) is 26.3. The Hall–Kier alpha value is -2.39. The van der Waals surface area contributed by atoms with Crippen LogP contribution < -0.4 is 9.62 Å². The maximum Gasteiger partial charge on any atom is 0.244 e. The fourth-order valence-corrected chi connectivity index (χ4v) is 4.80. The van der Waals surface area contributed by atoms with Crippen LogP contribution in [0.5, 0.6) is 0 Å². The van der Waals surface area contributed by atoms with E-state index in [-0.39, 0.29) is 18.4 Å². The lowest BCUT2D eigenvalue weighted by Crippen LogP contribution is -2.52. The molecule has 0 bridgehead atoms. The number of aryl methyl sites for hydroxylation is 2. The molecule has 192 valence electrons. The molecule has 0 saturated heterocycles. The van der Waals surface area contributed by atoms with Crippen molar-refractivity contribution in [3.8, 4) is 0 Å². The third-order valence-electron chi connectivity index (χ3n) is 5.78. The van der Waals surface area contributed by atoms with Crippen molar-refractivity contribution in [1.82, 2.24) is 10.2 Å². The van der Waals surface area contributed by atoms with E-state index in [1.807, 2.05) is 58.9 Å². The van der Waals surface area contributed by atoms with E-state index in [9.17, 15) is 18.0 Å². The number of carbonyl (C=O) groups excluding carboxylic acids is 2. The molecule has 0 aliphatic rings. The summed E-state index contributed by atoms with van der Waals surface area (Å²) in [6.45, 7) is 9.95. The molecule has 2 amide bonds. The summed E-state index contributed by atoms with van der Waals surface area (Å²) in [5.41, 5.74) is 3.14. The molecule has 1 N–H and O–H groups in total. The molecule has 0 heterocycles. The summed E-state index contributed by atoms with van der Waals surface area (Å²) in [5, 5.41) is 2.93. The smallest absolute Gasteiger partial charge is 0.244 e. The van der Waals surface area contributed by atoms with Crippen molar-refractivity contribution >= 4 is 43.5 Å². The monoisotopic (exact) mass is 565 g/mol. The van der Waals surface area contributed by atoms with Gasteiger partial charge in [0, 0.05) is 17.6 Å². The van der Waals surface area contributed by atoms with E-state index in [1.165, 1.54) is 4.90 Å². The van der Waals surface area contributed by atoms with Crippen LogP contribution in [0.25, 0.3) is 0 Å². The third kappa shape index (κ3) is 8.07. The molecular formula is C26H36BrN3O4S. The van der Waals surface area contributed by atoms with Gasteiger partial charge in [0.1, 0.15) is 12.6 Å². The van der Waals surface area contributed by atoms with E-state index >= 15 is 0 Å². The van der Waals surface area contributed by atoms with Gasteiger partial charge in [0.2, 0.25) is 21.8 Å². The van der Waals surface area contributed by atoms with Gasteiger partial charge in [-0.25, -0.2) is 8.42 Å². The Bertz CT molecular complexity index is 1150. The highest BCUT2D eigenvalue weighted by molar-refractivity contribution is 9.10. The molecule has 0 radical (unpaired) electrons. The van der Waals surface area contributed by atoms with E-state index in [4.69, 9.17) is 0 Å². The van der Waals surface area contributed by atoms with Crippen molar-refractivity contribution in [2.75, 3.05) is 23.7 Å². The normalized spacial score (nSPS) is 12.3. The van der Waals surface area contributed by atoms with E-state index in [2.05, 4.69) is 21.2 Å². The fraction of sp³-hybridized carbons (Fsp3) is 0.462. The van der Waals surface area contributed by atoms with E-state index in [1.54, 1.807) is 18.2 Å². The van der Waals surface area contributed by atoms with Crippen LogP contribution in [0.1, 0.15) is 43.9 Å². The zero-order valence-corrected chi connectivity index (χ0v) is 23.7. The Morgan fingerprint density at radius 1 is 1.06 bits per heavy atom. The summed E-state index contributed by atoms with van der Waals surface area (Å²) in [4.78, 5) is 28.3. The summed E-state index contributed by atoms with van der Waals surface area (Å²) in [7, 11) is -3.76. The fourth-order valence-electron chi connectivity index (χ4n) is 3.71. The first-order chi connectivity index (χ1) is 16.3. The second-order valence-corrected chi connectivity index (χ2v) is 12.0. The molecule has 0 aromatic heterocycles. The minimum absolute atomic E-state index is 0.204. The standard InChI is InChI=1S/C26H36BrN3O4S/c1-7-24(26(32)28-15-18(2)3)29(16-21-11-9-8-10-19(21)4)25(31)17-30(35(6,33)34)22-12-13-23(27)20(5)14-22/h8-14,18,24H,7,15-17H2,1-6H3,(H,28,32). The average Bonchev–Trinajstić information content (AvgIpc) is 2.78. The van der Waals surface area contributed by atoms with Crippen LogP contribution in [0.2, 0.25) is 0 Å². The Morgan fingerprint density at radius 3 is 2.26 bits per heavy atom. The van der Waals surface area contributed by atoms with Gasteiger partial charge in [-0.2, -0.15) is 0 Å². The number of nitrogens with zero attached hydrogens (tertiary/aromatic N) is 2. The SMILES string of the molecule is CCC(C(=O)NCC(C)C)N(Cc1ccccc1C)C(=O)CN(c1ccc(Br)c(C)c1)S(C)(=O)=O.